The van der Waals surface area contributed by atoms with Crippen LogP contribution >= 0.6 is 0 Å². The van der Waals surface area contributed by atoms with E-state index >= 15 is 0 Å². The molecule has 1 aromatic carbocycles. The number of hydrogen-bond donors (Lipinski definition) is 2. The molecule has 3 amide bonds. The number of methoxy groups -OCH3 is 1. The molecule has 1 heterocycles. The van der Waals surface area contributed by atoms with Crippen LogP contribution in [0.2, 0.25) is 0 Å². The second kappa shape index (κ2) is 9.66. The molecule has 1 aromatic rings. The van der Waals surface area contributed by atoms with Crippen LogP contribution in [0.5, 0.6) is 0 Å². The summed E-state index contributed by atoms with van der Waals surface area (Å²) in [5, 5.41) is 5.30. The first-order chi connectivity index (χ1) is 12.1. The highest BCUT2D eigenvalue weighted by Crippen LogP contribution is 2.16. The molecule has 1 saturated heterocycles. The average Bonchev–Trinajstić information content (AvgIpc) is 2.66. The number of hydrogen-bond acceptors (Lipinski definition) is 4. The smallest absolute Gasteiger partial charge is 0.409 e. The van der Waals surface area contributed by atoms with Gasteiger partial charge in [0.15, 0.2) is 0 Å². The molecule has 0 unspecified atom stereocenters. The van der Waals surface area contributed by atoms with Crippen LogP contribution in [0.3, 0.4) is 0 Å². The van der Waals surface area contributed by atoms with Crippen LogP contribution in [0.25, 0.3) is 0 Å². The fraction of sp³-hybridized carbons (Fsp3) is 0.500. The van der Waals surface area contributed by atoms with E-state index in [-0.39, 0.29) is 12.0 Å². The Bertz CT molecular complexity index is 583. The molecular weight excluding hydrogens is 322 g/mol. The number of likely N-dealkylation sites (tertiary alicyclic amines) is 1. The van der Waals surface area contributed by atoms with Crippen molar-refractivity contribution in [3.63, 3.8) is 0 Å². The molecule has 0 radical (unpaired) electrons. The minimum atomic E-state index is -0.608. The van der Waals surface area contributed by atoms with Crippen molar-refractivity contribution in [3.05, 3.63) is 35.9 Å². The van der Waals surface area contributed by atoms with Gasteiger partial charge in [-0.25, -0.2) is 4.79 Å². The molecule has 1 aliphatic rings. The number of rotatable bonds is 5. The highest BCUT2D eigenvalue weighted by atomic mass is 16.5. The fourth-order valence-electron chi connectivity index (χ4n) is 2.81. The van der Waals surface area contributed by atoms with Crippen molar-refractivity contribution in [2.24, 2.45) is 5.92 Å². The molecule has 0 atom stereocenters. The van der Waals surface area contributed by atoms with Gasteiger partial charge in [-0.05, 0) is 30.7 Å². The second-order valence-corrected chi connectivity index (χ2v) is 6.10. The highest BCUT2D eigenvalue weighted by molar-refractivity contribution is 6.35. The van der Waals surface area contributed by atoms with Crippen LogP contribution in [0.4, 0.5) is 4.79 Å². The number of amides is 3. The van der Waals surface area contributed by atoms with Gasteiger partial charge in [0.1, 0.15) is 0 Å². The first kappa shape index (κ1) is 18.8. The van der Waals surface area contributed by atoms with Crippen molar-refractivity contribution in [1.29, 1.82) is 0 Å². The van der Waals surface area contributed by atoms with Crippen LogP contribution in [0.1, 0.15) is 18.4 Å². The monoisotopic (exact) mass is 347 g/mol. The zero-order valence-corrected chi connectivity index (χ0v) is 14.5. The van der Waals surface area contributed by atoms with Gasteiger partial charge in [-0.1, -0.05) is 30.3 Å². The first-order valence-corrected chi connectivity index (χ1v) is 8.53. The number of benzene rings is 1. The molecule has 2 N–H and O–H groups in total. The Morgan fingerprint density at radius 1 is 1.08 bits per heavy atom. The number of carbonyl (C=O) groups excluding carboxylic acids is 3. The zero-order chi connectivity index (χ0) is 18.1. The van der Waals surface area contributed by atoms with Crippen molar-refractivity contribution in [2.75, 3.05) is 33.3 Å². The third-order valence-electron chi connectivity index (χ3n) is 4.35. The summed E-state index contributed by atoms with van der Waals surface area (Å²) in [6, 6.07) is 9.77. The predicted molar refractivity (Wildman–Crippen MR) is 92.9 cm³/mol. The molecule has 136 valence electrons. The SMILES string of the molecule is COC(=O)N1CCC(CNC(=O)C(=O)NCCc2ccccc2)CC1. The van der Waals surface area contributed by atoms with Crippen LogP contribution < -0.4 is 10.6 Å². The molecule has 1 aliphatic heterocycles. The maximum Gasteiger partial charge on any atom is 0.409 e. The molecule has 1 fully saturated rings. The highest BCUT2D eigenvalue weighted by Gasteiger charge is 2.24. The summed E-state index contributed by atoms with van der Waals surface area (Å²) < 4.78 is 4.69. The van der Waals surface area contributed by atoms with Gasteiger partial charge in [0.2, 0.25) is 0 Å². The van der Waals surface area contributed by atoms with Gasteiger partial charge in [0.25, 0.3) is 0 Å². The minimum absolute atomic E-state index is 0.266. The molecular formula is C18H25N3O4. The van der Waals surface area contributed by atoms with Crippen LogP contribution in [-0.2, 0) is 20.7 Å². The molecule has 0 bridgehead atoms. The molecule has 0 aromatic heterocycles. The van der Waals surface area contributed by atoms with Crippen LogP contribution in [0, 0.1) is 5.92 Å². The topological polar surface area (TPSA) is 87.7 Å². The zero-order valence-electron chi connectivity index (χ0n) is 14.5. The minimum Gasteiger partial charge on any atom is -0.453 e. The molecule has 25 heavy (non-hydrogen) atoms. The van der Waals surface area contributed by atoms with E-state index in [4.69, 9.17) is 0 Å². The number of ether oxygens (including phenoxy) is 1. The summed E-state index contributed by atoms with van der Waals surface area (Å²) in [5.74, 6) is -0.951. The lowest BCUT2D eigenvalue weighted by molar-refractivity contribution is -0.139. The Labute approximate surface area is 147 Å². The molecule has 7 heteroatoms. The summed E-state index contributed by atoms with van der Waals surface area (Å²) in [5.41, 5.74) is 1.11. The standard InChI is InChI=1S/C18H25N3O4/c1-25-18(24)21-11-8-15(9-12-21)13-20-17(23)16(22)19-10-7-14-5-3-2-4-6-14/h2-6,15H,7-13H2,1H3,(H,19,22)(H,20,23). The van der Waals surface area contributed by atoms with E-state index in [9.17, 15) is 14.4 Å². The van der Waals surface area contributed by atoms with E-state index in [0.29, 0.717) is 32.6 Å². The molecule has 0 spiro atoms. The molecule has 0 saturated carbocycles. The molecule has 7 nitrogen and oxygen atoms in total. The first-order valence-electron chi connectivity index (χ1n) is 8.53. The third kappa shape index (κ3) is 6.10. The van der Waals surface area contributed by atoms with E-state index in [1.54, 1.807) is 4.90 Å². The summed E-state index contributed by atoms with van der Waals surface area (Å²) in [4.78, 5) is 36.7. The van der Waals surface area contributed by atoms with Gasteiger partial charge in [-0.3, -0.25) is 9.59 Å². The van der Waals surface area contributed by atoms with Gasteiger partial charge >= 0.3 is 17.9 Å². The molecule has 0 aliphatic carbocycles. The largest absolute Gasteiger partial charge is 0.453 e. The van der Waals surface area contributed by atoms with E-state index in [0.717, 1.165) is 18.4 Å². The normalized spacial score (nSPS) is 14.7. The summed E-state index contributed by atoms with van der Waals surface area (Å²) in [6.07, 6.45) is 1.93. The van der Waals surface area contributed by atoms with Gasteiger partial charge < -0.3 is 20.3 Å². The van der Waals surface area contributed by atoms with Crippen molar-refractivity contribution >= 4 is 17.9 Å². The fourth-order valence-corrected chi connectivity index (χ4v) is 2.81. The number of nitrogens with one attached hydrogen (secondary N) is 2. The van der Waals surface area contributed by atoms with Crippen molar-refractivity contribution in [3.8, 4) is 0 Å². The Morgan fingerprint density at radius 3 is 2.36 bits per heavy atom. The van der Waals surface area contributed by atoms with E-state index in [1.165, 1.54) is 7.11 Å². The second-order valence-electron chi connectivity index (χ2n) is 6.10. The summed E-state index contributed by atoms with van der Waals surface area (Å²) >= 11 is 0. The average molecular weight is 347 g/mol. The number of nitrogens with zero attached hydrogens (tertiary/aromatic N) is 1. The van der Waals surface area contributed by atoms with E-state index < -0.39 is 11.8 Å². The van der Waals surface area contributed by atoms with Crippen molar-refractivity contribution < 1.29 is 19.1 Å². The van der Waals surface area contributed by atoms with Crippen molar-refractivity contribution in [2.45, 2.75) is 19.3 Å². The summed E-state index contributed by atoms with van der Waals surface area (Å²) in [6.45, 7) is 2.08. The third-order valence-corrected chi connectivity index (χ3v) is 4.35. The summed E-state index contributed by atoms with van der Waals surface area (Å²) in [7, 11) is 1.37. The quantitative estimate of drug-likeness (QED) is 0.776. The van der Waals surface area contributed by atoms with E-state index in [2.05, 4.69) is 15.4 Å². The Hall–Kier alpha value is -2.57. The lowest BCUT2D eigenvalue weighted by Crippen LogP contribution is -2.45. The predicted octanol–water partition coefficient (Wildman–Crippen LogP) is 0.940. The maximum atomic E-state index is 11.8. The van der Waals surface area contributed by atoms with E-state index in [1.807, 2.05) is 30.3 Å². The lowest BCUT2D eigenvalue weighted by Gasteiger charge is -2.30. The maximum absolute atomic E-state index is 11.8. The van der Waals surface area contributed by atoms with Gasteiger partial charge in [-0.2, -0.15) is 0 Å². The van der Waals surface area contributed by atoms with Gasteiger partial charge in [0, 0.05) is 26.2 Å². The Balaban J connectivity index is 1.61. The van der Waals surface area contributed by atoms with Gasteiger partial charge in [0.05, 0.1) is 7.11 Å². The molecule has 2 rings (SSSR count). The van der Waals surface area contributed by atoms with Crippen LogP contribution in [0.15, 0.2) is 30.3 Å². The number of piperidine rings is 1. The lowest BCUT2D eigenvalue weighted by atomic mass is 9.97. The van der Waals surface area contributed by atoms with Gasteiger partial charge in [-0.15, -0.1) is 0 Å². The Morgan fingerprint density at radius 2 is 1.72 bits per heavy atom. The Kier molecular flexibility index (Phi) is 7.25. The van der Waals surface area contributed by atoms with Crippen molar-refractivity contribution in [1.82, 2.24) is 15.5 Å². The number of carbonyl (C=O) groups is 3. The van der Waals surface area contributed by atoms with Crippen LogP contribution in [-0.4, -0.2) is 56.1 Å².